The van der Waals surface area contributed by atoms with E-state index in [1.165, 1.54) is 0 Å². The van der Waals surface area contributed by atoms with Crippen molar-refractivity contribution in [3.8, 4) is 16.9 Å². The maximum absolute atomic E-state index is 14.1. The summed E-state index contributed by atoms with van der Waals surface area (Å²) in [5, 5.41) is 6.89. The summed E-state index contributed by atoms with van der Waals surface area (Å²) in [5.41, 5.74) is 2.98. The van der Waals surface area contributed by atoms with Crippen molar-refractivity contribution in [2.75, 3.05) is 24.7 Å². The first kappa shape index (κ1) is 26.7. The molecule has 0 unspecified atom stereocenters. The van der Waals surface area contributed by atoms with Crippen molar-refractivity contribution in [1.82, 2.24) is 19.2 Å². The molecule has 4 aromatic rings. The van der Waals surface area contributed by atoms with Gasteiger partial charge in [0.25, 0.3) is 0 Å². The molecule has 9 nitrogen and oxygen atoms in total. The topological polar surface area (TPSA) is 91.0 Å². The number of benzene rings is 1. The van der Waals surface area contributed by atoms with E-state index in [0.29, 0.717) is 43.4 Å². The van der Waals surface area contributed by atoms with Gasteiger partial charge in [-0.25, -0.2) is 14.5 Å². The molecule has 1 aliphatic carbocycles. The minimum atomic E-state index is -0.472. The van der Waals surface area contributed by atoms with Gasteiger partial charge < -0.3 is 9.47 Å². The van der Waals surface area contributed by atoms with Crippen molar-refractivity contribution in [3.63, 3.8) is 0 Å². The Morgan fingerprint density at radius 1 is 1.07 bits per heavy atom. The monoisotopic (exact) mass is 561 g/mol. The highest BCUT2D eigenvalue weighted by molar-refractivity contribution is 7.15. The van der Waals surface area contributed by atoms with Crippen molar-refractivity contribution in [1.29, 1.82) is 0 Å². The van der Waals surface area contributed by atoms with Gasteiger partial charge in [0.15, 0.2) is 10.8 Å². The van der Waals surface area contributed by atoms with E-state index in [1.807, 2.05) is 46.4 Å². The van der Waals surface area contributed by atoms with Crippen LogP contribution in [-0.4, -0.2) is 56.9 Å². The summed E-state index contributed by atoms with van der Waals surface area (Å²) in [6.07, 6.45) is 10.9. The van der Waals surface area contributed by atoms with Crippen LogP contribution in [0.25, 0.3) is 21.9 Å². The van der Waals surface area contributed by atoms with Crippen LogP contribution in [-0.2, 0) is 14.3 Å². The summed E-state index contributed by atoms with van der Waals surface area (Å²) >= 11 is 1.59. The lowest BCUT2D eigenvalue weighted by Gasteiger charge is -2.37. The molecule has 6 rings (SSSR count). The number of ether oxygens (including phenoxy) is 2. The molecule has 10 heteroatoms. The van der Waals surface area contributed by atoms with Crippen molar-refractivity contribution in [2.45, 2.75) is 58.4 Å². The molecule has 40 heavy (non-hydrogen) atoms. The van der Waals surface area contributed by atoms with Crippen molar-refractivity contribution in [3.05, 3.63) is 53.8 Å². The summed E-state index contributed by atoms with van der Waals surface area (Å²) in [7, 11) is 0. The number of hydrogen-bond donors (Lipinski definition) is 0. The van der Waals surface area contributed by atoms with Crippen LogP contribution in [0.5, 0.6) is 0 Å². The van der Waals surface area contributed by atoms with Gasteiger partial charge in [-0.15, -0.1) is 16.4 Å². The molecule has 1 saturated heterocycles. The Labute approximate surface area is 237 Å². The second-order valence-corrected chi connectivity index (χ2v) is 11.7. The first-order chi connectivity index (χ1) is 19.5. The highest BCUT2D eigenvalue weighted by Gasteiger charge is 2.37. The first-order valence-electron chi connectivity index (χ1n) is 14.2. The van der Waals surface area contributed by atoms with Crippen molar-refractivity contribution < 1.29 is 19.1 Å². The van der Waals surface area contributed by atoms with E-state index >= 15 is 0 Å². The third kappa shape index (κ3) is 5.30. The van der Waals surface area contributed by atoms with Crippen LogP contribution in [0, 0.1) is 11.8 Å². The van der Waals surface area contributed by atoms with Crippen LogP contribution in [0.4, 0.5) is 5.82 Å². The van der Waals surface area contributed by atoms with Crippen LogP contribution < -0.4 is 4.90 Å². The minimum Gasteiger partial charge on any atom is -0.462 e. The summed E-state index contributed by atoms with van der Waals surface area (Å²) in [4.78, 5) is 34.7. The average molecular weight is 562 g/mol. The highest BCUT2D eigenvalue weighted by atomic mass is 32.1. The molecule has 210 valence electrons. The van der Waals surface area contributed by atoms with Gasteiger partial charge in [-0.05, 0) is 63.5 Å². The van der Waals surface area contributed by atoms with E-state index < -0.39 is 5.97 Å². The van der Waals surface area contributed by atoms with Crippen LogP contribution in [0.3, 0.4) is 0 Å². The molecular formula is C30H35N5O4S. The smallest absolute Gasteiger partial charge is 0.343 e. The van der Waals surface area contributed by atoms with Crippen molar-refractivity contribution in [2.24, 2.45) is 11.8 Å². The predicted octanol–water partition coefficient (Wildman–Crippen LogP) is 5.76. The fourth-order valence-corrected chi connectivity index (χ4v) is 6.48. The van der Waals surface area contributed by atoms with Gasteiger partial charge >= 0.3 is 5.97 Å². The zero-order valence-electron chi connectivity index (χ0n) is 23.0. The van der Waals surface area contributed by atoms with Gasteiger partial charge in [0.2, 0.25) is 5.91 Å². The SMILES string of the molecule is CCOC(=O)c1cn(-c2ccc(-c3cn4ccsc4n3)cc2)nc1N(C(=O)[C@H]1CC[C@H](C)CC1)C1CCOCC1. The van der Waals surface area contributed by atoms with Gasteiger partial charge in [-0.1, -0.05) is 19.1 Å². The number of carbonyl (C=O) groups is 2. The second-order valence-electron chi connectivity index (χ2n) is 10.8. The number of hydrogen-bond acceptors (Lipinski definition) is 7. The minimum absolute atomic E-state index is 0.0599. The summed E-state index contributed by atoms with van der Waals surface area (Å²) < 4.78 is 14.7. The molecule has 0 spiro atoms. The molecule has 2 aliphatic rings. The highest BCUT2D eigenvalue weighted by Crippen LogP contribution is 2.35. The number of esters is 1. The van der Waals surface area contributed by atoms with Crippen LogP contribution >= 0.6 is 11.3 Å². The number of imidazole rings is 1. The van der Waals surface area contributed by atoms with E-state index in [2.05, 4.69) is 6.92 Å². The Morgan fingerprint density at radius 2 is 1.82 bits per heavy atom. The van der Waals surface area contributed by atoms with Crippen LogP contribution in [0.2, 0.25) is 0 Å². The molecule has 1 aliphatic heterocycles. The average Bonchev–Trinajstić information content (AvgIpc) is 3.70. The number of fused-ring (bicyclic) bond motifs is 1. The number of nitrogens with zero attached hydrogens (tertiary/aromatic N) is 5. The van der Waals surface area contributed by atoms with Gasteiger partial charge in [-0.3, -0.25) is 14.1 Å². The molecule has 0 bridgehead atoms. The zero-order valence-corrected chi connectivity index (χ0v) is 23.8. The van der Waals surface area contributed by atoms with Gasteiger partial charge in [-0.2, -0.15) is 0 Å². The molecule has 1 amide bonds. The predicted molar refractivity (Wildman–Crippen MR) is 154 cm³/mol. The number of rotatable bonds is 7. The normalized spacial score (nSPS) is 20.1. The fraction of sp³-hybridized carbons (Fsp3) is 0.467. The lowest BCUT2D eigenvalue weighted by Crippen LogP contribution is -2.47. The van der Waals surface area contributed by atoms with Gasteiger partial charge in [0, 0.05) is 54.7 Å². The maximum Gasteiger partial charge on any atom is 0.343 e. The standard InChI is InChI=1S/C30H35N5O4S/c1-3-39-29(37)25-18-34(23-10-8-21(9-11-23)26-19-33-14-17-40-30(33)31-26)32-27(25)35(24-12-15-38-16-13-24)28(36)22-6-4-20(2)5-7-22/h8-11,14,17-20,22,24H,3-7,12-13,15-16H2,1-2H3/t20-,22-. The Bertz CT molecular complexity index is 1450. The number of thiazole rings is 1. The maximum atomic E-state index is 14.1. The molecule has 1 aromatic carbocycles. The lowest BCUT2D eigenvalue weighted by molar-refractivity contribution is -0.124. The van der Waals surface area contributed by atoms with Crippen LogP contribution in [0.15, 0.2) is 48.2 Å². The van der Waals surface area contributed by atoms with E-state index in [1.54, 1.807) is 34.0 Å². The van der Waals surface area contributed by atoms with E-state index in [9.17, 15) is 9.59 Å². The number of aromatic nitrogens is 4. The Hall–Kier alpha value is -3.50. The number of anilines is 1. The Balaban J connectivity index is 1.36. The molecular weight excluding hydrogens is 526 g/mol. The van der Waals surface area contributed by atoms with Crippen molar-refractivity contribution >= 4 is 34.0 Å². The van der Waals surface area contributed by atoms with E-state index in [0.717, 1.165) is 47.6 Å². The summed E-state index contributed by atoms with van der Waals surface area (Å²) in [6.45, 7) is 5.44. The second kappa shape index (κ2) is 11.5. The molecule has 0 atom stereocenters. The van der Waals surface area contributed by atoms with Gasteiger partial charge in [0.1, 0.15) is 5.56 Å². The third-order valence-corrected chi connectivity index (χ3v) is 8.87. The number of carbonyl (C=O) groups excluding carboxylic acids is 2. The fourth-order valence-electron chi connectivity index (χ4n) is 5.78. The molecule has 1 saturated carbocycles. The Kier molecular flexibility index (Phi) is 7.71. The largest absolute Gasteiger partial charge is 0.462 e. The number of amides is 1. The van der Waals surface area contributed by atoms with E-state index in [-0.39, 0.29) is 24.5 Å². The summed E-state index contributed by atoms with van der Waals surface area (Å²) in [5.74, 6) is 0.539. The quantitative estimate of drug-likeness (QED) is 0.266. The molecule has 3 aromatic heterocycles. The molecule has 4 heterocycles. The lowest BCUT2D eigenvalue weighted by atomic mass is 9.82. The molecule has 2 fully saturated rings. The first-order valence-corrected chi connectivity index (χ1v) is 15.1. The van der Waals surface area contributed by atoms with E-state index in [4.69, 9.17) is 19.6 Å². The third-order valence-electron chi connectivity index (χ3n) is 8.10. The zero-order chi connectivity index (χ0) is 27.6. The Morgan fingerprint density at radius 3 is 2.52 bits per heavy atom. The molecule has 0 radical (unpaired) electrons. The van der Waals surface area contributed by atoms with Crippen LogP contribution in [0.1, 0.15) is 62.7 Å². The van der Waals surface area contributed by atoms with Gasteiger partial charge in [0.05, 0.1) is 18.0 Å². The summed E-state index contributed by atoms with van der Waals surface area (Å²) in [6, 6.07) is 7.83. The molecule has 0 N–H and O–H groups in total.